The summed E-state index contributed by atoms with van der Waals surface area (Å²) in [4.78, 5) is 22.8. The van der Waals surface area contributed by atoms with Gasteiger partial charge in [-0.25, -0.2) is 4.99 Å². The highest BCUT2D eigenvalue weighted by Crippen LogP contribution is 2.25. The first kappa shape index (κ1) is 26.6. The average molecular weight is 480 g/mol. The van der Waals surface area contributed by atoms with E-state index < -0.39 is 0 Å². The highest BCUT2D eigenvalue weighted by atomic mass is 16.5. The van der Waals surface area contributed by atoms with E-state index in [-0.39, 0.29) is 5.97 Å². The van der Waals surface area contributed by atoms with E-state index in [1.165, 1.54) is 50.6 Å². The predicted octanol–water partition coefficient (Wildman–Crippen LogP) is 7.11. The maximum absolute atomic E-state index is 11.3. The van der Waals surface area contributed by atoms with Crippen LogP contribution in [-0.4, -0.2) is 34.9 Å². The SMILES string of the molecule is CCOC(=O)CCCCCCCCCCCc1ccc(C=C2N=C(c3ccc[nH]3)C=C2OCC)[nH]1. The van der Waals surface area contributed by atoms with Crippen LogP contribution in [0.4, 0.5) is 0 Å². The highest BCUT2D eigenvalue weighted by Gasteiger charge is 2.17. The third kappa shape index (κ3) is 9.27. The van der Waals surface area contributed by atoms with Crippen LogP contribution >= 0.6 is 0 Å². The minimum atomic E-state index is -0.0564. The van der Waals surface area contributed by atoms with Crippen molar-refractivity contribution in [3.63, 3.8) is 0 Å². The molecule has 2 aromatic rings. The van der Waals surface area contributed by atoms with Crippen LogP contribution in [0.5, 0.6) is 0 Å². The molecular formula is C29H41N3O3. The van der Waals surface area contributed by atoms with Crippen molar-refractivity contribution >= 4 is 17.8 Å². The number of carbonyl (C=O) groups excluding carboxylic acids is 1. The Bertz CT molecular complexity index is 983. The monoisotopic (exact) mass is 479 g/mol. The first-order valence-electron chi connectivity index (χ1n) is 13.3. The van der Waals surface area contributed by atoms with E-state index in [1.54, 1.807) is 0 Å². The number of allylic oxidation sites excluding steroid dienone is 1. The van der Waals surface area contributed by atoms with Gasteiger partial charge in [0.15, 0.2) is 0 Å². The molecule has 0 radical (unpaired) electrons. The number of aryl methyl sites for hydroxylation is 1. The molecule has 0 bridgehead atoms. The predicted molar refractivity (Wildman–Crippen MR) is 142 cm³/mol. The molecule has 3 heterocycles. The van der Waals surface area contributed by atoms with Gasteiger partial charge < -0.3 is 19.4 Å². The number of hydrogen-bond acceptors (Lipinski definition) is 4. The molecule has 0 fully saturated rings. The maximum Gasteiger partial charge on any atom is 0.305 e. The molecule has 0 atom stereocenters. The molecule has 1 aliphatic heterocycles. The van der Waals surface area contributed by atoms with Crippen molar-refractivity contribution in [3.05, 3.63) is 65.1 Å². The zero-order valence-electron chi connectivity index (χ0n) is 21.4. The van der Waals surface area contributed by atoms with Crippen LogP contribution in [0.15, 0.2) is 53.0 Å². The summed E-state index contributed by atoms with van der Waals surface area (Å²) >= 11 is 0. The summed E-state index contributed by atoms with van der Waals surface area (Å²) in [6, 6.07) is 8.29. The van der Waals surface area contributed by atoms with Crippen LogP contribution in [0.25, 0.3) is 6.08 Å². The Morgan fingerprint density at radius 1 is 0.943 bits per heavy atom. The van der Waals surface area contributed by atoms with Crippen molar-refractivity contribution in [2.75, 3.05) is 13.2 Å². The summed E-state index contributed by atoms with van der Waals surface area (Å²) in [5.41, 5.74) is 5.07. The molecule has 3 rings (SSSR count). The van der Waals surface area contributed by atoms with Gasteiger partial charge in [0.25, 0.3) is 0 Å². The first-order valence-corrected chi connectivity index (χ1v) is 13.3. The lowest BCUT2D eigenvalue weighted by atomic mass is 10.1. The van der Waals surface area contributed by atoms with Crippen LogP contribution in [0.2, 0.25) is 0 Å². The summed E-state index contributed by atoms with van der Waals surface area (Å²) in [7, 11) is 0. The van der Waals surface area contributed by atoms with Crippen molar-refractivity contribution in [2.45, 2.75) is 84.5 Å². The molecule has 2 aromatic heterocycles. The van der Waals surface area contributed by atoms with Gasteiger partial charge in [-0.3, -0.25) is 4.79 Å². The Morgan fingerprint density at radius 3 is 2.37 bits per heavy atom. The standard InChI is InChI=1S/C29H41N3O3/c1-3-34-28-22-26(25-16-14-20-30-25)32-27(28)21-24-19-18-23(31-24)15-12-10-8-6-5-7-9-11-13-17-29(33)35-4-2/h14,16,18-22,30-31H,3-13,15,17H2,1-2H3. The van der Waals surface area contributed by atoms with Crippen LogP contribution < -0.4 is 0 Å². The Labute approximate surface area is 209 Å². The third-order valence-corrected chi connectivity index (χ3v) is 6.13. The molecule has 190 valence electrons. The van der Waals surface area contributed by atoms with Crippen LogP contribution in [0.3, 0.4) is 0 Å². The Kier molecular flexibility index (Phi) is 11.4. The van der Waals surface area contributed by atoms with Gasteiger partial charge in [-0.1, -0.05) is 44.9 Å². The fourth-order valence-electron chi connectivity index (χ4n) is 4.31. The van der Waals surface area contributed by atoms with E-state index in [0.29, 0.717) is 19.6 Å². The van der Waals surface area contributed by atoms with E-state index in [1.807, 2.05) is 38.3 Å². The lowest BCUT2D eigenvalue weighted by Gasteiger charge is -2.04. The number of carbonyl (C=O) groups is 1. The topological polar surface area (TPSA) is 79.5 Å². The summed E-state index contributed by atoms with van der Waals surface area (Å²) in [5.74, 6) is 0.756. The second kappa shape index (κ2) is 15.1. The van der Waals surface area contributed by atoms with Crippen molar-refractivity contribution in [3.8, 4) is 0 Å². The zero-order chi connectivity index (χ0) is 24.7. The van der Waals surface area contributed by atoms with Gasteiger partial charge >= 0.3 is 5.97 Å². The first-order chi connectivity index (χ1) is 17.2. The van der Waals surface area contributed by atoms with Gasteiger partial charge in [0.1, 0.15) is 11.5 Å². The molecule has 0 amide bonds. The molecular weight excluding hydrogens is 438 g/mol. The number of nitrogens with one attached hydrogen (secondary N) is 2. The Hall–Kier alpha value is -3.02. The molecule has 6 nitrogen and oxygen atoms in total. The highest BCUT2D eigenvalue weighted by molar-refractivity contribution is 6.11. The molecule has 0 aromatic carbocycles. The quantitative estimate of drug-likeness (QED) is 0.187. The largest absolute Gasteiger partial charge is 0.492 e. The van der Waals surface area contributed by atoms with Gasteiger partial charge in [0, 0.05) is 30.1 Å². The second-order valence-corrected chi connectivity index (χ2v) is 8.98. The number of aromatic nitrogens is 2. The smallest absolute Gasteiger partial charge is 0.305 e. The molecule has 2 N–H and O–H groups in total. The zero-order valence-corrected chi connectivity index (χ0v) is 21.4. The number of ether oxygens (including phenoxy) is 2. The van der Waals surface area contributed by atoms with E-state index in [2.05, 4.69) is 28.2 Å². The van der Waals surface area contributed by atoms with Crippen LogP contribution in [-0.2, 0) is 20.7 Å². The number of esters is 1. The van der Waals surface area contributed by atoms with Crippen molar-refractivity contribution < 1.29 is 14.3 Å². The summed E-state index contributed by atoms with van der Waals surface area (Å²) in [6.07, 6.45) is 18.5. The molecule has 0 saturated carbocycles. The number of H-pyrrole nitrogens is 2. The fourth-order valence-corrected chi connectivity index (χ4v) is 4.31. The number of aromatic amines is 2. The van der Waals surface area contributed by atoms with Crippen molar-refractivity contribution in [1.82, 2.24) is 9.97 Å². The molecule has 6 heteroatoms. The lowest BCUT2D eigenvalue weighted by molar-refractivity contribution is -0.143. The second-order valence-electron chi connectivity index (χ2n) is 8.98. The van der Waals surface area contributed by atoms with Crippen LogP contribution in [0.1, 0.15) is 95.1 Å². The molecule has 0 saturated heterocycles. The van der Waals surface area contributed by atoms with Gasteiger partial charge in [-0.15, -0.1) is 0 Å². The van der Waals surface area contributed by atoms with E-state index in [4.69, 9.17) is 14.5 Å². The molecule has 0 spiro atoms. The molecule has 0 aliphatic carbocycles. The number of aliphatic imine (C=N–C) groups is 1. The van der Waals surface area contributed by atoms with Crippen molar-refractivity contribution in [1.29, 1.82) is 0 Å². The normalized spacial score (nSPS) is 14.3. The third-order valence-electron chi connectivity index (χ3n) is 6.13. The Morgan fingerprint density at radius 2 is 1.69 bits per heavy atom. The average Bonchev–Trinajstić information content (AvgIpc) is 3.60. The van der Waals surface area contributed by atoms with Gasteiger partial charge in [0.05, 0.1) is 24.6 Å². The van der Waals surface area contributed by atoms with Gasteiger partial charge in [0.2, 0.25) is 0 Å². The molecule has 35 heavy (non-hydrogen) atoms. The summed E-state index contributed by atoms with van der Waals surface area (Å²) in [5, 5.41) is 0. The summed E-state index contributed by atoms with van der Waals surface area (Å²) < 4.78 is 10.8. The van der Waals surface area contributed by atoms with E-state index in [0.717, 1.165) is 47.8 Å². The Balaban J connectivity index is 1.31. The minimum Gasteiger partial charge on any atom is -0.492 e. The van der Waals surface area contributed by atoms with E-state index in [9.17, 15) is 4.79 Å². The van der Waals surface area contributed by atoms with Gasteiger partial charge in [-0.2, -0.15) is 0 Å². The molecule has 1 aliphatic rings. The van der Waals surface area contributed by atoms with Gasteiger partial charge in [-0.05, 0) is 63.5 Å². The summed E-state index contributed by atoms with van der Waals surface area (Å²) in [6.45, 7) is 4.95. The van der Waals surface area contributed by atoms with Crippen LogP contribution in [0, 0.1) is 0 Å². The fraction of sp³-hybridized carbons (Fsp3) is 0.517. The number of hydrogen-bond donors (Lipinski definition) is 2. The molecule has 0 unspecified atom stereocenters. The van der Waals surface area contributed by atoms with Crippen molar-refractivity contribution in [2.24, 2.45) is 4.99 Å². The lowest BCUT2D eigenvalue weighted by Crippen LogP contribution is -2.03. The van der Waals surface area contributed by atoms with E-state index >= 15 is 0 Å². The number of nitrogens with zero attached hydrogens (tertiary/aromatic N) is 1. The minimum absolute atomic E-state index is 0.0564. The number of rotatable bonds is 17. The maximum atomic E-state index is 11.3. The number of unbranched alkanes of at least 4 members (excludes halogenated alkanes) is 8.